The van der Waals surface area contributed by atoms with Crippen molar-refractivity contribution < 1.29 is 9.90 Å². The number of hydrogen-bond acceptors (Lipinski definition) is 2. The highest BCUT2D eigenvalue weighted by Gasteiger charge is 2.14. The van der Waals surface area contributed by atoms with Crippen molar-refractivity contribution in [3.05, 3.63) is 36.0 Å². The van der Waals surface area contributed by atoms with Crippen molar-refractivity contribution in [1.29, 1.82) is 0 Å². The molecule has 4 nitrogen and oxygen atoms in total. The summed E-state index contributed by atoms with van der Waals surface area (Å²) in [6, 6.07) is 9.80. The Morgan fingerprint density at radius 1 is 1.44 bits per heavy atom. The second-order valence-corrected chi connectivity index (χ2v) is 4.39. The van der Waals surface area contributed by atoms with Crippen LogP contribution in [0.3, 0.4) is 0 Å². The van der Waals surface area contributed by atoms with Gasteiger partial charge in [-0.25, -0.2) is 0 Å². The zero-order chi connectivity index (χ0) is 13.1. The van der Waals surface area contributed by atoms with Gasteiger partial charge in [0.25, 0.3) is 5.91 Å². The molecule has 0 aliphatic carbocycles. The molecular weight excluding hydrogens is 228 g/mol. The van der Waals surface area contributed by atoms with Gasteiger partial charge in [0.15, 0.2) is 0 Å². The molecule has 0 radical (unpaired) electrons. The molecule has 18 heavy (non-hydrogen) atoms. The zero-order valence-corrected chi connectivity index (χ0v) is 10.7. The Labute approximate surface area is 106 Å². The first-order chi connectivity index (χ1) is 8.63. The summed E-state index contributed by atoms with van der Waals surface area (Å²) < 4.78 is 1.98. The standard InChI is InChI=1S/C14H18N2O2/c1-3-16-12-7-5-4-6-11(12)8-13(16)14(18)15-9-10(2)17/h4-8,10,17H,3,9H2,1-2H3,(H,15,18). The number of para-hydroxylation sites is 1. The molecule has 2 N–H and O–H groups in total. The highest BCUT2D eigenvalue weighted by atomic mass is 16.3. The van der Waals surface area contributed by atoms with Crippen LogP contribution < -0.4 is 5.32 Å². The first-order valence-corrected chi connectivity index (χ1v) is 6.18. The lowest BCUT2D eigenvalue weighted by Gasteiger charge is -2.09. The predicted octanol–water partition coefficient (Wildman–Crippen LogP) is 1.77. The topological polar surface area (TPSA) is 54.3 Å². The van der Waals surface area contributed by atoms with E-state index in [1.807, 2.05) is 41.8 Å². The number of carbonyl (C=O) groups is 1. The minimum atomic E-state index is -0.534. The lowest BCUT2D eigenvalue weighted by molar-refractivity contribution is 0.0915. The van der Waals surface area contributed by atoms with Crippen LogP contribution in [0.1, 0.15) is 24.3 Å². The van der Waals surface area contributed by atoms with Crippen molar-refractivity contribution in [1.82, 2.24) is 9.88 Å². The number of fused-ring (bicyclic) bond motifs is 1. The molecule has 1 heterocycles. The summed E-state index contributed by atoms with van der Waals surface area (Å²) in [6.45, 7) is 4.67. The second-order valence-electron chi connectivity index (χ2n) is 4.39. The van der Waals surface area contributed by atoms with Gasteiger partial charge in [-0.1, -0.05) is 18.2 Å². The molecule has 4 heteroatoms. The largest absolute Gasteiger partial charge is 0.392 e. The van der Waals surface area contributed by atoms with Crippen LogP contribution in [0, 0.1) is 0 Å². The number of aryl methyl sites for hydroxylation is 1. The van der Waals surface area contributed by atoms with Crippen molar-refractivity contribution in [2.24, 2.45) is 0 Å². The van der Waals surface area contributed by atoms with Gasteiger partial charge >= 0.3 is 0 Å². The molecule has 1 aromatic carbocycles. The minimum absolute atomic E-state index is 0.144. The highest BCUT2D eigenvalue weighted by Crippen LogP contribution is 2.19. The summed E-state index contributed by atoms with van der Waals surface area (Å²) in [5, 5.41) is 13.0. The molecule has 1 atom stereocenters. The van der Waals surface area contributed by atoms with Crippen molar-refractivity contribution in [2.75, 3.05) is 6.54 Å². The lowest BCUT2D eigenvalue weighted by Crippen LogP contribution is -2.31. The van der Waals surface area contributed by atoms with Crippen molar-refractivity contribution >= 4 is 16.8 Å². The van der Waals surface area contributed by atoms with Crippen LogP contribution in [0.2, 0.25) is 0 Å². The maximum Gasteiger partial charge on any atom is 0.268 e. The molecule has 1 amide bonds. The van der Waals surface area contributed by atoms with Crippen LogP contribution in [0.4, 0.5) is 0 Å². The third-order valence-corrected chi connectivity index (χ3v) is 2.92. The van der Waals surface area contributed by atoms with Gasteiger partial charge in [-0.05, 0) is 26.0 Å². The molecule has 2 aromatic rings. The first kappa shape index (κ1) is 12.6. The Morgan fingerprint density at radius 2 is 2.17 bits per heavy atom. The van der Waals surface area contributed by atoms with Crippen LogP contribution >= 0.6 is 0 Å². The molecule has 0 aliphatic rings. The van der Waals surface area contributed by atoms with E-state index in [0.717, 1.165) is 17.4 Å². The summed E-state index contributed by atoms with van der Waals surface area (Å²) >= 11 is 0. The molecule has 1 unspecified atom stereocenters. The Hall–Kier alpha value is -1.81. The quantitative estimate of drug-likeness (QED) is 0.864. The zero-order valence-electron chi connectivity index (χ0n) is 10.7. The molecule has 0 fully saturated rings. The van der Waals surface area contributed by atoms with Gasteiger partial charge in [-0.2, -0.15) is 0 Å². The number of aromatic nitrogens is 1. The van der Waals surface area contributed by atoms with Gasteiger partial charge in [0.1, 0.15) is 5.69 Å². The van der Waals surface area contributed by atoms with Gasteiger partial charge in [0.2, 0.25) is 0 Å². The van der Waals surface area contributed by atoms with Crippen LogP contribution in [0.25, 0.3) is 10.9 Å². The highest BCUT2D eigenvalue weighted by molar-refractivity contribution is 5.98. The number of amides is 1. The van der Waals surface area contributed by atoms with Gasteiger partial charge < -0.3 is 15.0 Å². The molecule has 0 saturated carbocycles. The summed E-state index contributed by atoms with van der Waals surface area (Å²) in [5.41, 5.74) is 1.70. The molecule has 2 rings (SSSR count). The smallest absolute Gasteiger partial charge is 0.268 e. The van der Waals surface area contributed by atoms with E-state index in [4.69, 9.17) is 0 Å². The number of hydrogen-bond donors (Lipinski definition) is 2. The normalized spacial score (nSPS) is 12.6. The number of aliphatic hydroxyl groups excluding tert-OH is 1. The van der Waals surface area contributed by atoms with Gasteiger partial charge in [0, 0.05) is 24.0 Å². The molecule has 96 valence electrons. The van der Waals surface area contributed by atoms with E-state index in [9.17, 15) is 9.90 Å². The summed E-state index contributed by atoms with van der Waals surface area (Å²) in [7, 11) is 0. The van der Waals surface area contributed by atoms with Crippen molar-refractivity contribution in [3.8, 4) is 0 Å². The number of nitrogens with zero attached hydrogens (tertiary/aromatic N) is 1. The monoisotopic (exact) mass is 246 g/mol. The number of rotatable bonds is 4. The SMILES string of the molecule is CCn1c(C(=O)NCC(C)O)cc2ccccc21. The Kier molecular flexibility index (Phi) is 3.67. The Bertz CT molecular complexity index is 558. The Balaban J connectivity index is 2.35. The number of aliphatic hydroxyl groups is 1. The van der Waals surface area contributed by atoms with Gasteiger partial charge in [-0.15, -0.1) is 0 Å². The number of nitrogens with one attached hydrogen (secondary N) is 1. The van der Waals surface area contributed by atoms with E-state index in [0.29, 0.717) is 5.69 Å². The Morgan fingerprint density at radius 3 is 2.83 bits per heavy atom. The van der Waals surface area contributed by atoms with Crippen LogP contribution in [-0.2, 0) is 6.54 Å². The molecule has 0 aliphatic heterocycles. The minimum Gasteiger partial charge on any atom is -0.392 e. The van der Waals surface area contributed by atoms with Gasteiger partial charge in [-0.3, -0.25) is 4.79 Å². The molecule has 0 spiro atoms. The number of carbonyl (C=O) groups excluding carboxylic acids is 1. The van der Waals surface area contributed by atoms with Crippen molar-refractivity contribution in [3.63, 3.8) is 0 Å². The van der Waals surface area contributed by atoms with Crippen LogP contribution in [-0.4, -0.2) is 28.2 Å². The molecule has 0 bridgehead atoms. The number of benzene rings is 1. The van der Waals surface area contributed by atoms with E-state index >= 15 is 0 Å². The third kappa shape index (κ3) is 2.38. The first-order valence-electron chi connectivity index (χ1n) is 6.18. The van der Waals surface area contributed by atoms with E-state index in [2.05, 4.69) is 5.32 Å². The summed E-state index contributed by atoms with van der Waals surface area (Å²) in [6.07, 6.45) is -0.534. The third-order valence-electron chi connectivity index (χ3n) is 2.92. The average molecular weight is 246 g/mol. The van der Waals surface area contributed by atoms with Crippen molar-refractivity contribution in [2.45, 2.75) is 26.5 Å². The summed E-state index contributed by atoms with van der Waals surface area (Å²) in [5.74, 6) is -0.144. The maximum absolute atomic E-state index is 12.1. The van der Waals surface area contributed by atoms with Crippen LogP contribution in [0.5, 0.6) is 0 Å². The fourth-order valence-electron chi connectivity index (χ4n) is 2.07. The molecule has 1 aromatic heterocycles. The lowest BCUT2D eigenvalue weighted by atomic mass is 10.2. The fourth-order valence-corrected chi connectivity index (χ4v) is 2.07. The molecule has 0 saturated heterocycles. The van der Waals surface area contributed by atoms with Crippen LogP contribution in [0.15, 0.2) is 30.3 Å². The average Bonchev–Trinajstić information content (AvgIpc) is 2.74. The van der Waals surface area contributed by atoms with E-state index in [1.165, 1.54) is 0 Å². The van der Waals surface area contributed by atoms with Gasteiger partial charge in [0.05, 0.1) is 6.10 Å². The van der Waals surface area contributed by atoms with E-state index in [1.54, 1.807) is 6.92 Å². The predicted molar refractivity (Wildman–Crippen MR) is 71.6 cm³/mol. The van der Waals surface area contributed by atoms with E-state index in [-0.39, 0.29) is 12.5 Å². The van der Waals surface area contributed by atoms with E-state index < -0.39 is 6.10 Å². The second kappa shape index (κ2) is 5.23. The summed E-state index contributed by atoms with van der Waals surface area (Å²) in [4.78, 5) is 12.1. The molecular formula is C14H18N2O2. The maximum atomic E-state index is 12.1. The fraction of sp³-hybridized carbons (Fsp3) is 0.357.